The van der Waals surface area contributed by atoms with Gasteiger partial charge < -0.3 is 25.0 Å². The van der Waals surface area contributed by atoms with Crippen LogP contribution in [-0.4, -0.2) is 65.4 Å². The number of carbonyl (C=O) groups is 4. The summed E-state index contributed by atoms with van der Waals surface area (Å²) in [6.45, 7) is 1.11. The van der Waals surface area contributed by atoms with Gasteiger partial charge in [-0.05, 0) is 19.3 Å². The number of nitrogens with zero attached hydrogens (tertiary/aromatic N) is 4. The number of likely N-dealkylation sites (N-methyl/N-ethyl adjacent to an activating group) is 2. The number of hydrogen-bond donors (Lipinski definition) is 5. The van der Waals surface area contributed by atoms with E-state index in [1.165, 1.54) is 0 Å². The lowest BCUT2D eigenvalue weighted by Gasteiger charge is -1.82. The fourth-order valence-electron chi connectivity index (χ4n) is 0.364. The van der Waals surface area contributed by atoms with Crippen molar-refractivity contribution in [1.29, 1.82) is 0 Å². The highest BCUT2D eigenvalue weighted by Gasteiger charge is 1.71. The third-order valence-corrected chi connectivity index (χ3v) is 1.13. The zero-order chi connectivity index (χ0) is 18.6. The van der Waals surface area contributed by atoms with Crippen molar-refractivity contribution in [2.75, 3.05) is 40.3 Å². The predicted octanol–water partition coefficient (Wildman–Crippen LogP) is -3.40. The second-order valence-electron chi connectivity index (χ2n) is 2.83. The van der Waals surface area contributed by atoms with Gasteiger partial charge in [-0.15, -0.1) is 5.53 Å². The molecule has 0 spiro atoms. The van der Waals surface area contributed by atoms with Gasteiger partial charge in [-0.3, -0.25) is 15.6 Å². The van der Waals surface area contributed by atoms with Crippen LogP contribution in [0.5, 0.6) is 0 Å². The first-order valence-corrected chi connectivity index (χ1v) is 6.09. The Morgan fingerprint density at radius 3 is 1.52 bits per heavy atom. The quantitative estimate of drug-likeness (QED) is 0.0679. The first-order chi connectivity index (χ1) is 11.2. The first kappa shape index (κ1) is 28.3. The molecule has 0 saturated heterocycles. The molecule has 0 aliphatic rings. The third kappa shape index (κ3) is 85.1. The number of hydrazine groups is 1. The largest absolute Gasteiger partial charge is 0.313 e. The highest BCUT2D eigenvalue weighted by atomic mass is 16.1. The van der Waals surface area contributed by atoms with Crippen LogP contribution >= 0.6 is 0 Å². The normalized spacial score (nSPS) is 6.87. The maximum Gasteiger partial charge on any atom is 0.161 e. The maximum absolute atomic E-state index is 9.43. The molecule has 0 aromatic carbocycles. The summed E-state index contributed by atoms with van der Waals surface area (Å²) in [6.07, 6.45) is 2.87. The molecule has 132 valence electrons. The minimum absolute atomic E-state index is 0.0735. The molecule has 0 saturated carbocycles. The second-order valence-corrected chi connectivity index (χ2v) is 2.83. The van der Waals surface area contributed by atoms with Crippen LogP contribution in [0.4, 0.5) is 0 Å². The summed E-state index contributed by atoms with van der Waals surface area (Å²) in [5.74, 6) is 0. The van der Waals surface area contributed by atoms with Crippen molar-refractivity contribution in [3.8, 4) is 0 Å². The van der Waals surface area contributed by atoms with Gasteiger partial charge >= 0.3 is 0 Å². The van der Waals surface area contributed by atoms with E-state index in [0.29, 0.717) is 25.7 Å². The lowest BCUT2D eigenvalue weighted by atomic mass is 10.7. The lowest BCUT2D eigenvalue weighted by Crippen LogP contribution is -2.75. The number of azide groups is 1. The van der Waals surface area contributed by atoms with E-state index < -0.39 is 0 Å². The van der Waals surface area contributed by atoms with E-state index in [-0.39, 0.29) is 13.1 Å². The molecular weight excluding hydrogens is 310 g/mol. The summed E-state index contributed by atoms with van der Waals surface area (Å²) in [5, 5.41) is 9.75. The van der Waals surface area contributed by atoms with Gasteiger partial charge in [0.2, 0.25) is 0 Å². The van der Waals surface area contributed by atoms with Gasteiger partial charge in [-0.2, -0.15) is 15.7 Å². The lowest BCUT2D eigenvalue weighted by molar-refractivity contribution is -0.545. The summed E-state index contributed by atoms with van der Waals surface area (Å²) >= 11 is 0. The van der Waals surface area contributed by atoms with Gasteiger partial charge in [0, 0.05) is 0 Å². The van der Waals surface area contributed by atoms with Crippen LogP contribution < -0.4 is 26.7 Å². The van der Waals surface area contributed by atoms with Gasteiger partial charge in [0.1, 0.15) is 25.4 Å². The van der Waals surface area contributed by atoms with Crippen LogP contribution in [0.15, 0.2) is 5.22 Å². The van der Waals surface area contributed by atoms with Crippen LogP contribution in [0.2, 0.25) is 0 Å². The fourth-order valence-corrected chi connectivity index (χ4v) is 0.364. The van der Waals surface area contributed by atoms with Crippen molar-refractivity contribution >= 4 is 25.1 Å². The molecule has 0 aromatic heterocycles. The zero-order valence-corrected chi connectivity index (χ0v) is 13.1. The summed E-state index contributed by atoms with van der Waals surface area (Å²) in [4.78, 5) is 39.8. The average Bonchev–Trinajstić information content (AvgIpc) is 2.57. The summed E-state index contributed by atoms with van der Waals surface area (Å²) < 4.78 is 0. The molecule has 0 amide bonds. The Hall–Kier alpha value is -2.89. The average molecular weight is 333 g/mol. The van der Waals surface area contributed by atoms with Gasteiger partial charge in [0.05, 0.1) is 19.6 Å². The first-order valence-electron chi connectivity index (χ1n) is 6.09. The molecule has 0 unspecified atom stereocenters. The van der Waals surface area contributed by atoms with Crippen LogP contribution in [0.25, 0.3) is 16.0 Å². The van der Waals surface area contributed by atoms with E-state index in [1.54, 1.807) is 19.3 Å². The fraction of sp³-hybridized carbons (Fsp3) is 0.600. The molecule has 13 nitrogen and oxygen atoms in total. The number of carbonyl (C=O) groups excluding carboxylic acids is 4. The van der Waals surface area contributed by atoms with Crippen LogP contribution in [0.1, 0.15) is 0 Å². The van der Waals surface area contributed by atoms with Crippen LogP contribution in [0, 0.1) is 0 Å². The molecule has 13 heteroatoms. The number of nitrogens with one attached hydrogen (secondary N) is 5. The molecule has 23 heavy (non-hydrogen) atoms. The van der Waals surface area contributed by atoms with E-state index in [9.17, 15) is 19.2 Å². The molecule has 0 aliphatic carbocycles. The van der Waals surface area contributed by atoms with Crippen LogP contribution in [0.3, 0.4) is 0 Å². The smallest absolute Gasteiger partial charge is 0.161 e. The van der Waals surface area contributed by atoms with Gasteiger partial charge in [0.15, 0.2) is 6.29 Å². The van der Waals surface area contributed by atoms with Crippen molar-refractivity contribution in [3.63, 3.8) is 0 Å². The molecule has 0 aliphatic heterocycles. The SMILES string of the molecule is CNCC=O.CNCC=O.[N-]=[N+]=NNCC=O.[N-]=[NH+]NCC=O. The number of aldehydes is 4. The van der Waals surface area contributed by atoms with Gasteiger partial charge in [-0.1, -0.05) is 0 Å². The number of rotatable bonds is 10. The Morgan fingerprint density at radius 2 is 1.35 bits per heavy atom. The van der Waals surface area contributed by atoms with Crippen molar-refractivity contribution in [2.24, 2.45) is 5.22 Å². The Balaban J connectivity index is -0.000000106. The van der Waals surface area contributed by atoms with E-state index in [4.69, 9.17) is 11.1 Å². The Labute approximate surface area is 133 Å². The monoisotopic (exact) mass is 333 g/mol. The second kappa shape index (κ2) is 42.7. The van der Waals surface area contributed by atoms with Crippen molar-refractivity contribution < 1.29 is 24.4 Å². The molecule has 0 radical (unpaired) electrons. The van der Waals surface area contributed by atoms with Gasteiger partial charge in [0.25, 0.3) is 0 Å². The van der Waals surface area contributed by atoms with E-state index in [0.717, 1.165) is 12.6 Å². The van der Waals surface area contributed by atoms with E-state index in [1.807, 2.05) is 0 Å². The zero-order valence-electron chi connectivity index (χ0n) is 13.1. The minimum Gasteiger partial charge on any atom is -0.313 e. The topological polar surface area (TPSA) is 201 Å². The van der Waals surface area contributed by atoms with Crippen molar-refractivity contribution in [3.05, 3.63) is 16.0 Å². The minimum atomic E-state index is 0.0735. The van der Waals surface area contributed by atoms with Crippen molar-refractivity contribution in [2.45, 2.75) is 0 Å². The van der Waals surface area contributed by atoms with Crippen molar-refractivity contribution in [1.82, 2.24) is 21.5 Å². The highest BCUT2D eigenvalue weighted by Crippen LogP contribution is 1.54. The van der Waals surface area contributed by atoms with E-state index in [2.05, 4.69) is 31.6 Å². The molecule has 0 heterocycles. The van der Waals surface area contributed by atoms with Gasteiger partial charge in [-0.25, -0.2) is 0 Å². The summed E-state index contributed by atoms with van der Waals surface area (Å²) in [5.41, 5.74) is 19.5. The third-order valence-electron chi connectivity index (χ3n) is 1.13. The number of hydrogen-bond acceptors (Lipinski definition) is 7. The Bertz CT molecular complexity index is 303. The molecule has 0 rings (SSSR count). The molecule has 0 aromatic rings. The Morgan fingerprint density at radius 1 is 0.913 bits per heavy atom. The summed E-state index contributed by atoms with van der Waals surface area (Å²) in [6, 6.07) is 0. The van der Waals surface area contributed by atoms with E-state index >= 15 is 0 Å². The standard InChI is InChI=1S/2C3H7NO.C2H4N4O.C2H5N3O/c2*1-4-2-3-5;3-5-6-4-1-2-7;3-5-4-1-2-6/h2*3-4H,2H2,1H3;2,4H,1H2;2,5H,1H2,(H-,3,4). The molecule has 5 N–H and O–H groups in total. The molecule has 0 bridgehead atoms. The Kier molecular flexibility index (Phi) is 52.6. The molecule has 0 atom stereocenters. The highest BCUT2D eigenvalue weighted by molar-refractivity contribution is 5.52. The summed E-state index contributed by atoms with van der Waals surface area (Å²) in [7, 11) is 3.46. The predicted molar refractivity (Wildman–Crippen MR) is 81.6 cm³/mol. The maximum atomic E-state index is 9.43. The molecular formula is C10H23N9O4. The molecule has 0 fully saturated rings. The van der Waals surface area contributed by atoms with Crippen LogP contribution in [-0.2, 0) is 19.2 Å².